The molecule has 15 heavy (non-hydrogen) atoms. The number of hydrogen-bond donors (Lipinski definition) is 0. The molecule has 1 nitrogen and oxygen atoms in total. The van der Waals surface area contributed by atoms with Crippen LogP contribution in [0.25, 0.3) is 6.08 Å². The van der Waals surface area contributed by atoms with Crippen LogP contribution in [0.1, 0.15) is 37.8 Å². The summed E-state index contributed by atoms with van der Waals surface area (Å²) in [5.41, 5.74) is 2.84. The minimum atomic E-state index is 0.343. The van der Waals surface area contributed by atoms with Gasteiger partial charge in [0.25, 0.3) is 0 Å². The summed E-state index contributed by atoms with van der Waals surface area (Å²) in [6, 6.07) is 8.49. The third-order valence-electron chi connectivity index (χ3n) is 2.48. The van der Waals surface area contributed by atoms with Crippen molar-refractivity contribution in [2.24, 2.45) is 0 Å². The highest BCUT2D eigenvalue weighted by atomic mass is 16.1. The van der Waals surface area contributed by atoms with Crippen molar-refractivity contribution in [2.45, 2.75) is 33.1 Å². The lowest BCUT2D eigenvalue weighted by atomic mass is 10.1. The Morgan fingerprint density at radius 1 is 1.20 bits per heavy atom. The van der Waals surface area contributed by atoms with Crippen LogP contribution in [0, 0.1) is 0 Å². The van der Waals surface area contributed by atoms with Gasteiger partial charge >= 0.3 is 0 Å². The Bertz CT molecular complexity index is 344. The van der Waals surface area contributed by atoms with Gasteiger partial charge in [0, 0.05) is 12.8 Å². The Kier molecular flexibility index (Phi) is 4.82. The highest BCUT2D eigenvalue weighted by Gasteiger charge is 2.00. The minimum Gasteiger partial charge on any atom is -0.300 e. The Hall–Kier alpha value is -1.37. The van der Waals surface area contributed by atoms with Gasteiger partial charge in [-0.1, -0.05) is 50.3 Å². The fourth-order valence-corrected chi connectivity index (χ4v) is 1.45. The average Bonchev–Trinajstić information content (AvgIpc) is 2.76. The van der Waals surface area contributed by atoms with E-state index in [1.54, 1.807) is 0 Å². The molecule has 1 aromatic rings. The molecule has 0 fully saturated rings. The van der Waals surface area contributed by atoms with E-state index < -0.39 is 0 Å². The van der Waals surface area contributed by atoms with E-state index >= 15 is 0 Å². The SMILES string of the molecule is C1=Cc2ccccc2C1.CCC(=O)CC. The Labute approximate surface area is 91.8 Å². The van der Waals surface area contributed by atoms with Crippen LogP contribution in [0.4, 0.5) is 0 Å². The van der Waals surface area contributed by atoms with Gasteiger partial charge in [0.15, 0.2) is 0 Å². The first kappa shape index (κ1) is 11.7. The van der Waals surface area contributed by atoms with Crippen molar-refractivity contribution < 1.29 is 4.79 Å². The molecular weight excluding hydrogens is 184 g/mol. The molecule has 0 spiro atoms. The standard InChI is InChI=1S/C9H8.C5H10O/c1-2-5-9-7-3-6-8(9)4-1;1-3-5(6)4-2/h1-6H,7H2;3-4H2,1-2H3. The zero-order valence-corrected chi connectivity index (χ0v) is 9.49. The Balaban J connectivity index is 0.000000167. The maximum Gasteiger partial charge on any atom is 0.132 e. The molecular formula is C14H18O. The molecule has 0 aromatic heterocycles. The lowest BCUT2D eigenvalue weighted by molar-refractivity contribution is -0.118. The van der Waals surface area contributed by atoms with E-state index in [4.69, 9.17) is 0 Å². The van der Waals surface area contributed by atoms with E-state index in [0.717, 1.165) is 6.42 Å². The lowest BCUT2D eigenvalue weighted by Gasteiger charge is -1.93. The summed E-state index contributed by atoms with van der Waals surface area (Å²) in [6.07, 6.45) is 6.88. The summed E-state index contributed by atoms with van der Waals surface area (Å²) in [5, 5.41) is 0. The molecule has 0 saturated carbocycles. The van der Waals surface area contributed by atoms with Crippen LogP contribution in [0.2, 0.25) is 0 Å². The summed E-state index contributed by atoms with van der Waals surface area (Å²) < 4.78 is 0. The fourth-order valence-electron chi connectivity index (χ4n) is 1.45. The molecule has 0 N–H and O–H groups in total. The minimum absolute atomic E-state index is 0.343. The lowest BCUT2D eigenvalue weighted by Crippen LogP contribution is -1.88. The fraction of sp³-hybridized carbons (Fsp3) is 0.357. The molecule has 1 aliphatic rings. The number of benzene rings is 1. The maximum atomic E-state index is 10.2. The predicted molar refractivity (Wildman–Crippen MR) is 64.8 cm³/mol. The molecule has 0 amide bonds. The molecule has 0 atom stereocenters. The van der Waals surface area contributed by atoms with Crippen LogP contribution in [0.3, 0.4) is 0 Å². The second-order valence-corrected chi connectivity index (χ2v) is 3.55. The maximum absolute atomic E-state index is 10.2. The van der Waals surface area contributed by atoms with Crippen molar-refractivity contribution >= 4 is 11.9 Å². The van der Waals surface area contributed by atoms with E-state index in [1.165, 1.54) is 11.1 Å². The molecule has 0 bridgehead atoms. The molecule has 0 radical (unpaired) electrons. The van der Waals surface area contributed by atoms with Crippen molar-refractivity contribution in [3.05, 3.63) is 41.5 Å². The van der Waals surface area contributed by atoms with Gasteiger partial charge in [0.2, 0.25) is 0 Å². The predicted octanol–water partition coefficient (Wildman–Crippen LogP) is 3.63. The second kappa shape index (κ2) is 6.18. The number of carbonyl (C=O) groups excluding carboxylic acids is 1. The number of Topliss-reactive ketones (excluding diaryl/α,β-unsaturated/α-hetero) is 1. The van der Waals surface area contributed by atoms with Crippen LogP contribution in [-0.4, -0.2) is 5.78 Å². The Morgan fingerprint density at radius 3 is 2.40 bits per heavy atom. The van der Waals surface area contributed by atoms with Gasteiger partial charge in [-0.3, -0.25) is 4.79 Å². The van der Waals surface area contributed by atoms with Crippen molar-refractivity contribution in [1.82, 2.24) is 0 Å². The van der Waals surface area contributed by atoms with Crippen molar-refractivity contribution in [3.8, 4) is 0 Å². The summed E-state index contributed by atoms with van der Waals surface area (Å²) in [4.78, 5) is 10.2. The molecule has 80 valence electrons. The average molecular weight is 202 g/mol. The molecule has 0 unspecified atom stereocenters. The van der Waals surface area contributed by atoms with E-state index in [1.807, 2.05) is 13.8 Å². The zero-order chi connectivity index (χ0) is 11.1. The number of carbonyl (C=O) groups is 1. The number of ketones is 1. The summed E-state index contributed by atoms with van der Waals surface area (Å²) in [5.74, 6) is 0.343. The first-order valence-corrected chi connectivity index (χ1v) is 5.54. The van der Waals surface area contributed by atoms with E-state index in [-0.39, 0.29) is 0 Å². The highest BCUT2D eigenvalue weighted by Crippen LogP contribution is 2.17. The highest BCUT2D eigenvalue weighted by molar-refractivity contribution is 5.77. The van der Waals surface area contributed by atoms with Crippen LogP contribution in [0.5, 0.6) is 0 Å². The molecule has 2 rings (SSSR count). The number of fused-ring (bicyclic) bond motifs is 1. The monoisotopic (exact) mass is 202 g/mol. The number of allylic oxidation sites excluding steroid dienone is 1. The topological polar surface area (TPSA) is 17.1 Å². The molecule has 0 heterocycles. The molecule has 0 aliphatic heterocycles. The van der Waals surface area contributed by atoms with E-state index in [0.29, 0.717) is 18.6 Å². The zero-order valence-electron chi connectivity index (χ0n) is 9.49. The van der Waals surface area contributed by atoms with Gasteiger partial charge in [0.05, 0.1) is 0 Å². The smallest absolute Gasteiger partial charge is 0.132 e. The Morgan fingerprint density at radius 2 is 1.87 bits per heavy atom. The third-order valence-corrected chi connectivity index (χ3v) is 2.48. The van der Waals surface area contributed by atoms with Gasteiger partial charge < -0.3 is 0 Å². The summed E-state index contributed by atoms with van der Waals surface area (Å²) in [7, 11) is 0. The van der Waals surface area contributed by atoms with E-state index in [9.17, 15) is 4.79 Å². The first-order chi connectivity index (χ1) is 7.27. The third kappa shape index (κ3) is 3.70. The van der Waals surface area contributed by atoms with Gasteiger partial charge in [-0.15, -0.1) is 0 Å². The quantitative estimate of drug-likeness (QED) is 0.715. The van der Waals surface area contributed by atoms with Gasteiger partial charge in [-0.25, -0.2) is 0 Å². The molecule has 1 aliphatic carbocycles. The van der Waals surface area contributed by atoms with E-state index in [2.05, 4.69) is 36.4 Å². The number of rotatable bonds is 2. The van der Waals surface area contributed by atoms with Crippen molar-refractivity contribution in [3.63, 3.8) is 0 Å². The summed E-state index contributed by atoms with van der Waals surface area (Å²) in [6.45, 7) is 3.76. The van der Waals surface area contributed by atoms with Crippen molar-refractivity contribution in [2.75, 3.05) is 0 Å². The van der Waals surface area contributed by atoms with Gasteiger partial charge in [0.1, 0.15) is 5.78 Å². The summed E-state index contributed by atoms with van der Waals surface area (Å²) >= 11 is 0. The van der Waals surface area contributed by atoms with Crippen LogP contribution in [-0.2, 0) is 11.2 Å². The first-order valence-electron chi connectivity index (χ1n) is 5.54. The number of hydrogen-bond acceptors (Lipinski definition) is 1. The van der Waals surface area contributed by atoms with Crippen molar-refractivity contribution in [1.29, 1.82) is 0 Å². The van der Waals surface area contributed by atoms with Crippen LogP contribution in [0.15, 0.2) is 30.3 Å². The van der Waals surface area contributed by atoms with Crippen LogP contribution < -0.4 is 0 Å². The molecule has 1 heteroatoms. The normalized spacial score (nSPS) is 11.6. The van der Waals surface area contributed by atoms with Gasteiger partial charge in [-0.2, -0.15) is 0 Å². The van der Waals surface area contributed by atoms with Gasteiger partial charge in [-0.05, 0) is 17.5 Å². The largest absolute Gasteiger partial charge is 0.300 e. The molecule has 0 saturated heterocycles. The second-order valence-electron chi connectivity index (χ2n) is 3.55. The van der Waals surface area contributed by atoms with Crippen LogP contribution >= 0.6 is 0 Å². The molecule has 1 aromatic carbocycles.